The first-order valence-electron chi connectivity index (χ1n) is 18.8. The molecule has 0 aliphatic heterocycles. The second kappa shape index (κ2) is 18.8. The number of pyridine rings is 1. The van der Waals surface area contributed by atoms with Gasteiger partial charge in [0.25, 0.3) is 0 Å². The Morgan fingerprint density at radius 2 is 0.796 bits per heavy atom. The predicted octanol–water partition coefficient (Wildman–Crippen LogP) is 11.5. The molecule has 0 unspecified atom stereocenters. The van der Waals surface area contributed by atoms with Crippen molar-refractivity contribution in [3.63, 3.8) is 0 Å². The number of rotatable bonds is 0. The van der Waals surface area contributed by atoms with Crippen LogP contribution in [0.2, 0.25) is 0 Å². The highest BCUT2D eigenvalue weighted by molar-refractivity contribution is 5.71. The molecule has 0 saturated heterocycles. The van der Waals surface area contributed by atoms with E-state index in [1.54, 1.807) is 37.6 Å². The Labute approximate surface area is 326 Å². The van der Waals surface area contributed by atoms with E-state index in [-0.39, 0.29) is 16.6 Å². The lowest BCUT2D eigenvalue weighted by Crippen LogP contribution is -2.20. The summed E-state index contributed by atoms with van der Waals surface area (Å²) in [6, 6.07) is 3.98. The zero-order chi connectivity index (χ0) is 41.9. The van der Waals surface area contributed by atoms with Gasteiger partial charge in [-0.3, -0.25) is 0 Å². The maximum Gasteiger partial charge on any atom is 0.180 e. The van der Waals surface area contributed by atoms with Crippen molar-refractivity contribution in [1.82, 2.24) is 53.6 Å². The molecule has 6 rings (SSSR count). The maximum atomic E-state index is 4.24. The summed E-state index contributed by atoms with van der Waals surface area (Å²) >= 11 is 0. The van der Waals surface area contributed by atoms with Crippen LogP contribution in [-0.2, 0) is 16.6 Å². The number of imidazole rings is 3. The van der Waals surface area contributed by atoms with E-state index in [9.17, 15) is 0 Å². The van der Waals surface area contributed by atoms with Crippen LogP contribution in [0.25, 0.3) is 33.5 Å². The fourth-order valence-electron chi connectivity index (χ4n) is 3.94. The van der Waals surface area contributed by atoms with Gasteiger partial charge in [0.15, 0.2) is 16.9 Å². The van der Waals surface area contributed by atoms with Crippen LogP contribution >= 0.6 is 0 Å². The SMILES string of the molecule is CC(C)(C)C.CC(C)(C)C.CC(C)(C)C.CC(C)(C)n1cnc2cncnc21.CC(C)(C)n1cnc2ncccc21.CC(C)(C)n1cnc2ncncc21. The highest BCUT2D eigenvalue weighted by Crippen LogP contribution is 2.21. The quantitative estimate of drug-likeness (QED) is 0.151. The number of nitrogens with zero attached hydrogens (tertiary/aromatic N) is 11. The first-order chi connectivity index (χ1) is 24.3. The molecule has 6 aromatic heterocycles. The molecule has 6 aromatic rings. The summed E-state index contributed by atoms with van der Waals surface area (Å²) in [7, 11) is 0. The monoisotopic (exact) mass is 744 g/mol. The molecule has 0 fully saturated rings. The molecule has 0 N–H and O–H groups in total. The molecule has 0 aromatic carbocycles. The average Bonchev–Trinajstić information content (AvgIpc) is 3.71. The average molecular weight is 744 g/mol. The van der Waals surface area contributed by atoms with Crippen molar-refractivity contribution in [2.75, 3.05) is 0 Å². The number of hydrogen-bond donors (Lipinski definition) is 0. The van der Waals surface area contributed by atoms with Crippen LogP contribution in [0.3, 0.4) is 0 Å². The normalized spacial score (nSPS) is 12.2. The van der Waals surface area contributed by atoms with Gasteiger partial charge in [0.05, 0.1) is 36.9 Å². The van der Waals surface area contributed by atoms with Crippen LogP contribution in [-0.4, -0.2) is 53.6 Å². The second-order valence-corrected chi connectivity index (χ2v) is 21.2. The minimum absolute atomic E-state index is 0.0170. The zero-order valence-corrected chi connectivity index (χ0v) is 37.7. The van der Waals surface area contributed by atoms with Crippen molar-refractivity contribution in [3.05, 3.63) is 62.4 Å². The van der Waals surface area contributed by atoms with Gasteiger partial charge in [-0.05, 0) is 90.7 Å². The predicted molar refractivity (Wildman–Crippen MR) is 229 cm³/mol. The summed E-state index contributed by atoms with van der Waals surface area (Å²) in [5.41, 5.74) is 6.99. The molecule has 0 atom stereocenters. The standard InChI is InChI=1S/C10H13N3.2C9H12N4.3C5H12/c1-10(2,3)13-7-12-9-8(13)5-4-6-11-9;1-9(2,3)13-6-12-8-7(13)4-10-5-11-8;1-9(2,3)13-6-12-7-4-10-5-11-8(7)13;3*1-5(2,3)4/h4-7H,1-3H3;2*4-6H,1-3H3;3*1-4H3. The fourth-order valence-corrected chi connectivity index (χ4v) is 3.94. The van der Waals surface area contributed by atoms with E-state index in [1.165, 1.54) is 6.33 Å². The molecule has 11 nitrogen and oxygen atoms in total. The third-order valence-corrected chi connectivity index (χ3v) is 5.93. The molecular weight excluding hydrogens is 671 g/mol. The van der Waals surface area contributed by atoms with E-state index in [0.29, 0.717) is 16.2 Å². The largest absolute Gasteiger partial charge is 0.324 e. The molecule has 0 aliphatic carbocycles. The van der Waals surface area contributed by atoms with Gasteiger partial charge in [-0.15, -0.1) is 0 Å². The minimum Gasteiger partial charge on any atom is -0.324 e. The molecule has 0 bridgehead atoms. The Morgan fingerprint density at radius 3 is 1.26 bits per heavy atom. The molecular formula is C43H73N11. The van der Waals surface area contributed by atoms with E-state index in [1.807, 2.05) is 23.0 Å². The van der Waals surface area contributed by atoms with Gasteiger partial charge in [-0.1, -0.05) is 83.1 Å². The van der Waals surface area contributed by atoms with Crippen LogP contribution in [0.1, 0.15) is 145 Å². The van der Waals surface area contributed by atoms with Crippen LogP contribution in [0.4, 0.5) is 0 Å². The van der Waals surface area contributed by atoms with Crippen molar-refractivity contribution in [3.8, 4) is 0 Å². The third kappa shape index (κ3) is 19.2. The molecule has 0 radical (unpaired) electrons. The van der Waals surface area contributed by atoms with Crippen LogP contribution < -0.4 is 0 Å². The number of fused-ring (bicyclic) bond motifs is 3. The van der Waals surface area contributed by atoms with E-state index < -0.39 is 0 Å². The molecule has 6 heterocycles. The van der Waals surface area contributed by atoms with Gasteiger partial charge < -0.3 is 13.7 Å². The van der Waals surface area contributed by atoms with Crippen LogP contribution in [0.15, 0.2) is 62.4 Å². The number of hydrogen-bond acceptors (Lipinski definition) is 8. The van der Waals surface area contributed by atoms with Crippen molar-refractivity contribution in [2.45, 2.75) is 162 Å². The maximum absolute atomic E-state index is 4.24. The molecule has 0 amide bonds. The third-order valence-electron chi connectivity index (χ3n) is 5.93. The molecule has 54 heavy (non-hydrogen) atoms. The summed E-state index contributed by atoms with van der Waals surface area (Å²) in [6.07, 6.45) is 13.8. The van der Waals surface area contributed by atoms with Gasteiger partial charge >= 0.3 is 0 Å². The lowest BCUT2D eigenvalue weighted by molar-refractivity contribution is 0.406. The van der Waals surface area contributed by atoms with E-state index in [2.05, 4.69) is 194 Å². The Bertz CT molecular complexity index is 1710. The summed E-state index contributed by atoms with van der Waals surface area (Å²) < 4.78 is 6.25. The van der Waals surface area contributed by atoms with Crippen molar-refractivity contribution in [2.24, 2.45) is 16.2 Å². The first kappa shape index (κ1) is 47.7. The van der Waals surface area contributed by atoms with E-state index >= 15 is 0 Å². The molecule has 300 valence electrons. The summed E-state index contributed by atoms with van der Waals surface area (Å²) in [4.78, 5) is 33.0. The minimum atomic E-state index is 0.0170. The van der Waals surface area contributed by atoms with Gasteiger partial charge in [-0.2, -0.15) is 0 Å². The zero-order valence-electron chi connectivity index (χ0n) is 37.7. The molecule has 11 heteroatoms. The van der Waals surface area contributed by atoms with Gasteiger partial charge in [0.1, 0.15) is 23.7 Å². The second-order valence-electron chi connectivity index (χ2n) is 21.2. The lowest BCUT2D eigenvalue weighted by Gasteiger charge is -2.21. The van der Waals surface area contributed by atoms with Crippen LogP contribution in [0, 0.1) is 16.2 Å². The summed E-state index contributed by atoms with van der Waals surface area (Å²) in [6.45, 7) is 45.5. The Balaban J connectivity index is 0.000000343. The summed E-state index contributed by atoms with van der Waals surface area (Å²) in [5, 5.41) is 0. The van der Waals surface area contributed by atoms with Crippen molar-refractivity contribution in [1.29, 1.82) is 0 Å². The van der Waals surface area contributed by atoms with E-state index in [0.717, 1.165) is 33.5 Å². The Morgan fingerprint density at radius 1 is 0.407 bits per heavy atom. The summed E-state index contributed by atoms with van der Waals surface area (Å²) in [5.74, 6) is 0. The first-order valence-corrected chi connectivity index (χ1v) is 18.8. The number of aromatic nitrogens is 11. The molecule has 0 aliphatic rings. The fraction of sp³-hybridized carbons (Fsp3) is 0.628. The highest BCUT2D eigenvalue weighted by Gasteiger charge is 2.18. The lowest BCUT2D eigenvalue weighted by atomic mass is 10.0. The van der Waals surface area contributed by atoms with Crippen LogP contribution in [0.5, 0.6) is 0 Å². The van der Waals surface area contributed by atoms with Gasteiger partial charge in [0.2, 0.25) is 0 Å². The van der Waals surface area contributed by atoms with E-state index in [4.69, 9.17) is 0 Å². The Kier molecular flexibility index (Phi) is 16.7. The molecule has 0 saturated carbocycles. The van der Waals surface area contributed by atoms with Gasteiger partial charge in [-0.25, -0.2) is 39.9 Å². The Hall–Kier alpha value is -4.28. The van der Waals surface area contributed by atoms with Crippen molar-refractivity contribution < 1.29 is 0 Å². The molecule has 0 spiro atoms. The van der Waals surface area contributed by atoms with Gasteiger partial charge in [0, 0.05) is 22.8 Å². The smallest absolute Gasteiger partial charge is 0.180 e. The van der Waals surface area contributed by atoms with Crippen molar-refractivity contribution >= 4 is 33.5 Å². The topological polar surface area (TPSA) is 118 Å². The highest BCUT2D eigenvalue weighted by atomic mass is 15.2.